The zero-order chi connectivity index (χ0) is 15.5. The first-order chi connectivity index (χ1) is 10.6. The van der Waals surface area contributed by atoms with E-state index in [1.165, 1.54) is 18.2 Å². The van der Waals surface area contributed by atoms with E-state index in [1.54, 1.807) is 12.1 Å². The average molecular weight is 297 g/mol. The van der Waals surface area contributed by atoms with Crippen LogP contribution < -0.4 is 5.32 Å². The maximum absolute atomic E-state index is 12.0. The molecule has 0 unspecified atom stereocenters. The molecule has 0 saturated heterocycles. The molecule has 110 valence electrons. The fraction of sp³-hybridized carbons (Fsp3) is 0.0667. The summed E-state index contributed by atoms with van der Waals surface area (Å²) in [5, 5.41) is 18.0. The molecule has 0 aliphatic heterocycles. The SMILES string of the molecule is O=C(Cc1noc2ccccc12)Nc1cccc([N+](=O)[O-])c1. The highest BCUT2D eigenvalue weighted by molar-refractivity contribution is 5.94. The first-order valence-corrected chi connectivity index (χ1v) is 6.51. The van der Waals surface area contributed by atoms with Crippen molar-refractivity contribution in [2.24, 2.45) is 0 Å². The van der Waals surface area contributed by atoms with E-state index in [2.05, 4.69) is 10.5 Å². The number of hydrogen-bond donors (Lipinski definition) is 1. The molecule has 0 atom stereocenters. The Morgan fingerprint density at radius 3 is 2.86 bits per heavy atom. The number of fused-ring (bicyclic) bond motifs is 1. The summed E-state index contributed by atoms with van der Waals surface area (Å²) < 4.78 is 5.13. The van der Waals surface area contributed by atoms with E-state index in [-0.39, 0.29) is 18.0 Å². The van der Waals surface area contributed by atoms with Crippen molar-refractivity contribution in [3.63, 3.8) is 0 Å². The molecule has 0 spiro atoms. The van der Waals surface area contributed by atoms with Crippen molar-refractivity contribution >= 4 is 28.3 Å². The summed E-state index contributed by atoms with van der Waals surface area (Å²) in [5.74, 6) is -0.320. The van der Waals surface area contributed by atoms with Gasteiger partial charge in [-0.25, -0.2) is 0 Å². The molecule has 0 saturated carbocycles. The van der Waals surface area contributed by atoms with Crippen molar-refractivity contribution in [3.05, 3.63) is 64.3 Å². The Balaban J connectivity index is 1.75. The summed E-state index contributed by atoms with van der Waals surface area (Å²) in [6.45, 7) is 0. The van der Waals surface area contributed by atoms with Crippen molar-refractivity contribution in [1.29, 1.82) is 0 Å². The van der Waals surface area contributed by atoms with Crippen LogP contribution in [0.15, 0.2) is 53.1 Å². The lowest BCUT2D eigenvalue weighted by Crippen LogP contribution is -2.14. The van der Waals surface area contributed by atoms with Gasteiger partial charge < -0.3 is 9.84 Å². The quantitative estimate of drug-likeness (QED) is 0.589. The first kappa shape index (κ1) is 13.7. The standard InChI is InChI=1S/C15H11N3O4/c19-15(16-10-4-3-5-11(8-10)18(20)21)9-13-12-6-1-2-7-14(12)22-17-13/h1-8H,9H2,(H,16,19). The third-order valence-electron chi connectivity index (χ3n) is 3.12. The van der Waals surface area contributed by atoms with Crippen molar-refractivity contribution in [2.45, 2.75) is 6.42 Å². The number of carbonyl (C=O) groups excluding carboxylic acids is 1. The molecular weight excluding hydrogens is 286 g/mol. The minimum Gasteiger partial charge on any atom is -0.356 e. The lowest BCUT2D eigenvalue weighted by Gasteiger charge is -2.03. The number of nitro groups is 1. The van der Waals surface area contributed by atoms with E-state index in [1.807, 2.05) is 18.2 Å². The summed E-state index contributed by atoms with van der Waals surface area (Å²) in [6.07, 6.45) is 0.0275. The number of anilines is 1. The monoisotopic (exact) mass is 297 g/mol. The lowest BCUT2D eigenvalue weighted by molar-refractivity contribution is -0.384. The van der Waals surface area contributed by atoms with E-state index in [4.69, 9.17) is 4.52 Å². The third-order valence-corrected chi connectivity index (χ3v) is 3.12. The zero-order valence-corrected chi connectivity index (χ0v) is 11.4. The highest BCUT2D eigenvalue weighted by Crippen LogP contribution is 2.20. The molecule has 1 aromatic heterocycles. The van der Waals surface area contributed by atoms with Gasteiger partial charge in [0.25, 0.3) is 5.69 Å². The number of non-ortho nitro benzene ring substituents is 1. The summed E-state index contributed by atoms with van der Waals surface area (Å²) in [4.78, 5) is 22.2. The molecule has 7 nitrogen and oxygen atoms in total. The second kappa shape index (κ2) is 5.65. The molecule has 3 rings (SSSR count). The van der Waals surface area contributed by atoms with Crippen molar-refractivity contribution < 1.29 is 14.2 Å². The summed E-state index contributed by atoms with van der Waals surface area (Å²) >= 11 is 0. The Bertz CT molecular complexity index is 857. The molecule has 0 aliphatic rings. The van der Waals surface area contributed by atoms with E-state index < -0.39 is 4.92 Å². The number of nitrogens with one attached hydrogen (secondary N) is 1. The summed E-state index contributed by atoms with van der Waals surface area (Å²) in [5.41, 5.74) is 1.43. The molecule has 22 heavy (non-hydrogen) atoms. The molecule has 3 aromatic rings. The van der Waals surface area contributed by atoms with Gasteiger partial charge in [0.05, 0.1) is 11.3 Å². The zero-order valence-electron chi connectivity index (χ0n) is 11.4. The molecule has 0 fully saturated rings. The Morgan fingerprint density at radius 1 is 1.23 bits per heavy atom. The van der Waals surface area contributed by atoms with Crippen molar-refractivity contribution in [1.82, 2.24) is 5.16 Å². The first-order valence-electron chi connectivity index (χ1n) is 6.51. The maximum Gasteiger partial charge on any atom is 0.271 e. The lowest BCUT2D eigenvalue weighted by atomic mass is 10.1. The van der Waals surface area contributed by atoms with Gasteiger partial charge >= 0.3 is 0 Å². The van der Waals surface area contributed by atoms with E-state index in [0.717, 1.165) is 5.39 Å². The van der Waals surface area contributed by atoms with Crippen molar-refractivity contribution in [2.75, 3.05) is 5.32 Å². The second-order valence-electron chi connectivity index (χ2n) is 4.66. The minimum atomic E-state index is -0.513. The van der Waals surface area contributed by atoms with Gasteiger partial charge in [0.2, 0.25) is 5.91 Å². The predicted molar refractivity (Wildman–Crippen MR) is 79.4 cm³/mol. The van der Waals surface area contributed by atoms with Crippen LogP contribution in [0.3, 0.4) is 0 Å². The fourth-order valence-corrected chi connectivity index (χ4v) is 2.12. The van der Waals surface area contributed by atoms with Gasteiger partial charge in [-0.15, -0.1) is 0 Å². The number of rotatable bonds is 4. The Hall–Kier alpha value is -3.22. The van der Waals surface area contributed by atoms with Crippen LogP contribution in [-0.4, -0.2) is 16.0 Å². The van der Waals surface area contributed by atoms with Gasteiger partial charge in [0.15, 0.2) is 5.58 Å². The summed E-state index contributed by atoms with van der Waals surface area (Å²) in [7, 11) is 0. The Labute approximate surface area is 124 Å². The van der Waals surface area contributed by atoms with Crippen molar-refractivity contribution in [3.8, 4) is 0 Å². The van der Waals surface area contributed by atoms with E-state index in [0.29, 0.717) is 17.0 Å². The van der Waals surface area contributed by atoms with Gasteiger partial charge in [0.1, 0.15) is 5.69 Å². The predicted octanol–water partition coefficient (Wildman–Crippen LogP) is 2.92. The molecule has 0 bridgehead atoms. The van der Waals surface area contributed by atoms with Gasteiger partial charge in [-0.2, -0.15) is 0 Å². The van der Waals surface area contributed by atoms with E-state index in [9.17, 15) is 14.9 Å². The Kier molecular flexibility index (Phi) is 3.53. The molecule has 1 N–H and O–H groups in total. The van der Waals surface area contributed by atoms with E-state index >= 15 is 0 Å². The van der Waals surface area contributed by atoms with Crippen LogP contribution in [0.25, 0.3) is 11.0 Å². The maximum atomic E-state index is 12.0. The largest absolute Gasteiger partial charge is 0.356 e. The molecule has 1 amide bonds. The number of carbonyl (C=O) groups is 1. The molecule has 0 radical (unpaired) electrons. The summed E-state index contributed by atoms with van der Waals surface area (Å²) in [6, 6.07) is 13.0. The van der Waals surface area contributed by atoms with Gasteiger partial charge in [-0.05, 0) is 18.2 Å². The number of benzene rings is 2. The fourth-order valence-electron chi connectivity index (χ4n) is 2.12. The van der Waals surface area contributed by atoms with Gasteiger partial charge in [-0.1, -0.05) is 23.4 Å². The second-order valence-corrected chi connectivity index (χ2v) is 4.66. The molecule has 1 heterocycles. The van der Waals surface area contributed by atoms with Crippen LogP contribution in [0.4, 0.5) is 11.4 Å². The number of amides is 1. The molecule has 0 aliphatic carbocycles. The highest BCUT2D eigenvalue weighted by Gasteiger charge is 2.13. The molecule has 7 heteroatoms. The number of para-hydroxylation sites is 1. The van der Waals surface area contributed by atoms with Crippen LogP contribution in [0.1, 0.15) is 5.69 Å². The molecule has 2 aromatic carbocycles. The third kappa shape index (κ3) is 2.78. The number of nitrogens with zero attached hydrogens (tertiary/aromatic N) is 2. The minimum absolute atomic E-state index is 0.0275. The van der Waals surface area contributed by atoms with Crippen LogP contribution in [0, 0.1) is 10.1 Å². The smallest absolute Gasteiger partial charge is 0.271 e. The van der Waals surface area contributed by atoms with Gasteiger partial charge in [-0.3, -0.25) is 14.9 Å². The number of nitro benzene ring substituents is 1. The topological polar surface area (TPSA) is 98.3 Å². The van der Waals surface area contributed by atoms with Gasteiger partial charge in [0, 0.05) is 23.2 Å². The normalized spacial score (nSPS) is 10.5. The Morgan fingerprint density at radius 2 is 2.05 bits per heavy atom. The van der Waals surface area contributed by atoms with Crippen LogP contribution in [0.2, 0.25) is 0 Å². The number of hydrogen-bond acceptors (Lipinski definition) is 5. The van der Waals surface area contributed by atoms with Crippen LogP contribution >= 0.6 is 0 Å². The van der Waals surface area contributed by atoms with Crippen LogP contribution in [-0.2, 0) is 11.2 Å². The average Bonchev–Trinajstić information content (AvgIpc) is 2.91. The van der Waals surface area contributed by atoms with Crippen LogP contribution in [0.5, 0.6) is 0 Å². The number of aromatic nitrogens is 1. The highest BCUT2D eigenvalue weighted by atomic mass is 16.6. The molecular formula is C15H11N3O4.